The summed E-state index contributed by atoms with van der Waals surface area (Å²) in [6.45, 7) is 0.947. The van der Waals surface area contributed by atoms with E-state index in [-0.39, 0.29) is 17.8 Å². The van der Waals surface area contributed by atoms with Gasteiger partial charge in [-0.1, -0.05) is 28.4 Å². The molecule has 2 saturated heterocycles. The van der Waals surface area contributed by atoms with Crippen molar-refractivity contribution < 1.29 is 19.1 Å². The van der Waals surface area contributed by atoms with Crippen LogP contribution in [0.4, 0.5) is 0 Å². The number of aliphatic hydroxyl groups excluding tert-OH is 1. The maximum Gasteiger partial charge on any atom is 0.145 e. The predicted molar refractivity (Wildman–Crippen MR) is 103 cm³/mol. The van der Waals surface area contributed by atoms with Crippen LogP contribution in [-0.4, -0.2) is 39.7 Å². The van der Waals surface area contributed by atoms with Crippen LogP contribution in [0, 0.1) is 0 Å². The molecule has 150 valence electrons. The number of hydrogen-bond acceptors (Lipinski definition) is 6. The average Bonchev–Trinajstić information content (AvgIpc) is 3.48. The number of halogens is 2. The maximum absolute atomic E-state index is 9.63. The lowest BCUT2D eigenvalue weighted by Gasteiger charge is -2.52. The number of aliphatic hydroxyl groups is 1. The number of ether oxygens (including phenoxy) is 2. The largest absolute Gasteiger partial charge is 0.393 e. The monoisotopic (exact) mass is 424 g/mol. The Kier molecular flexibility index (Phi) is 4.68. The molecule has 0 unspecified atom stereocenters. The third kappa shape index (κ3) is 3.15. The molecule has 4 fully saturated rings. The highest BCUT2D eigenvalue weighted by Gasteiger charge is 2.50. The Balaban J connectivity index is 1.43. The summed E-state index contributed by atoms with van der Waals surface area (Å²) in [4.78, 5) is 4.03. The van der Waals surface area contributed by atoms with E-state index in [1.165, 1.54) is 0 Å². The zero-order chi connectivity index (χ0) is 19.4. The second-order valence-electron chi connectivity index (χ2n) is 8.23. The molecule has 2 aliphatic carbocycles. The van der Waals surface area contributed by atoms with Crippen LogP contribution < -0.4 is 0 Å². The number of pyridine rings is 1. The number of fused-ring (bicyclic) bond motifs is 3. The van der Waals surface area contributed by atoms with Crippen molar-refractivity contribution in [3.05, 3.63) is 33.8 Å². The van der Waals surface area contributed by atoms with Gasteiger partial charge in [-0.25, -0.2) is 0 Å². The van der Waals surface area contributed by atoms with Gasteiger partial charge in [0.25, 0.3) is 0 Å². The standard InChI is InChI=1S/C20H22Cl2N2O4/c21-14-7-23-8-15(22)16(14)17-13(18(28-24-17)12-1-2-12)9-26-20-5-3-19(10-25,4-6-20)27-11-20/h7-8,12,25H,1-6,9-11H2. The van der Waals surface area contributed by atoms with Gasteiger partial charge in [-0.2, -0.15) is 0 Å². The molecule has 6 nitrogen and oxygen atoms in total. The van der Waals surface area contributed by atoms with Gasteiger partial charge >= 0.3 is 0 Å². The quantitative estimate of drug-likeness (QED) is 0.734. The average molecular weight is 425 g/mol. The van der Waals surface area contributed by atoms with Crippen LogP contribution in [0.5, 0.6) is 0 Å². The molecule has 0 amide bonds. The second-order valence-corrected chi connectivity index (χ2v) is 9.04. The maximum atomic E-state index is 9.63. The first-order valence-corrected chi connectivity index (χ1v) is 10.5. The summed E-state index contributed by atoms with van der Waals surface area (Å²) in [5.41, 5.74) is 1.49. The zero-order valence-corrected chi connectivity index (χ0v) is 16.9. The summed E-state index contributed by atoms with van der Waals surface area (Å²) >= 11 is 12.7. The molecule has 0 atom stereocenters. The van der Waals surface area contributed by atoms with E-state index in [1.807, 2.05) is 0 Å². The van der Waals surface area contributed by atoms with Crippen LogP contribution in [-0.2, 0) is 16.1 Å². The molecular formula is C20H22Cl2N2O4. The van der Waals surface area contributed by atoms with Crippen LogP contribution in [0.2, 0.25) is 10.0 Å². The smallest absolute Gasteiger partial charge is 0.145 e. The minimum atomic E-state index is -0.370. The van der Waals surface area contributed by atoms with Crippen LogP contribution in [0.15, 0.2) is 16.9 Å². The molecule has 0 radical (unpaired) electrons. The van der Waals surface area contributed by atoms with Gasteiger partial charge in [0.05, 0.1) is 41.1 Å². The Labute approximate surface area is 173 Å². The van der Waals surface area contributed by atoms with E-state index in [1.54, 1.807) is 12.4 Å². The molecule has 6 rings (SSSR count). The number of rotatable bonds is 6. The van der Waals surface area contributed by atoms with Gasteiger partial charge in [-0.3, -0.25) is 4.98 Å². The van der Waals surface area contributed by atoms with Crippen molar-refractivity contribution in [2.75, 3.05) is 13.2 Å². The molecule has 0 spiro atoms. The molecule has 28 heavy (non-hydrogen) atoms. The Morgan fingerprint density at radius 1 is 1.14 bits per heavy atom. The number of hydrogen-bond donors (Lipinski definition) is 1. The first-order valence-electron chi connectivity index (χ1n) is 9.71. The van der Waals surface area contributed by atoms with Gasteiger partial charge < -0.3 is 19.1 Å². The summed E-state index contributed by atoms with van der Waals surface area (Å²) in [5, 5.41) is 14.8. The molecule has 1 N–H and O–H groups in total. The molecular weight excluding hydrogens is 403 g/mol. The fourth-order valence-corrected chi connectivity index (χ4v) is 4.85. The summed E-state index contributed by atoms with van der Waals surface area (Å²) in [7, 11) is 0. The normalized spacial score (nSPS) is 29.4. The van der Waals surface area contributed by atoms with Crippen molar-refractivity contribution >= 4 is 23.2 Å². The van der Waals surface area contributed by atoms with Gasteiger partial charge in [0.1, 0.15) is 11.5 Å². The van der Waals surface area contributed by atoms with Crippen molar-refractivity contribution in [3.63, 3.8) is 0 Å². The summed E-state index contributed by atoms with van der Waals surface area (Å²) in [5.74, 6) is 1.25. The van der Waals surface area contributed by atoms with Crippen molar-refractivity contribution in [2.45, 2.75) is 62.3 Å². The molecule has 2 aliphatic heterocycles. The molecule has 2 aromatic heterocycles. The lowest BCUT2D eigenvalue weighted by atomic mass is 9.73. The number of aromatic nitrogens is 2. The van der Waals surface area contributed by atoms with Gasteiger partial charge in [-0.15, -0.1) is 0 Å². The fraction of sp³-hybridized carbons (Fsp3) is 0.600. The first-order chi connectivity index (χ1) is 13.5. The summed E-state index contributed by atoms with van der Waals surface area (Å²) in [6, 6.07) is 0. The zero-order valence-electron chi connectivity index (χ0n) is 15.4. The van der Waals surface area contributed by atoms with E-state index < -0.39 is 0 Å². The Bertz CT molecular complexity index is 852. The Morgan fingerprint density at radius 3 is 2.43 bits per heavy atom. The Morgan fingerprint density at radius 2 is 1.86 bits per heavy atom. The fourth-order valence-electron chi connectivity index (χ4n) is 4.31. The minimum Gasteiger partial charge on any atom is -0.393 e. The third-order valence-corrected chi connectivity index (χ3v) is 6.95. The minimum absolute atomic E-state index is 0.0732. The lowest BCUT2D eigenvalue weighted by molar-refractivity contribution is -0.247. The van der Waals surface area contributed by atoms with Crippen LogP contribution >= 0.6 is 23.2 Å². The highest BCUT2D eigenvalue weighted by Crippen LogP contribution is 2.48. The van der Waals surface area contributed by atoms with Crippen LogP contribution in [0.1, 0.15) is 55.8 Å². The van der Waals surface area contributed by atoms with E-state index in [9.17, 15) is 5.11 Å². The molecule has 2 saturated carbocycles. The molecule has 2 bridgehead atoms. The van der Waals surface area contributed by atoms with E-state index in [0.717, 1.165) is 49.8 Å². The highest BCUT2D eigenvalue weighted by atomic mass is 35.5. The van der Waals surface area contributed by atoms with Gasteiger partial charge in [0, 0.05) is 29.4 Å². The van der Waals surface area contributed by atoms with E-state index in [2.05, 4.69) is 10.1 Å². The molecule has 4 heterocycles. The van der Waals surface area contributed by atoms with E-state index >= 15 is 0 Å². The third-order valence-electron chi connectivity index (χ3n) is 6.38. The van der Waals surface area contributed by atoms with Crippen molar-refractivity contribution in [3.8, 4) is 11.3 Å². The van der Waals surface area contributed by atoms with E-state index in [0.29, 0.717) is 40.4 Å². The van der Waals surface area contributed by atoms with E-state index in [4.69, 9.17) is 37.2 Å². The Hall–Kier alpha value is -1.18. The van der Waals surface area contributed by atoms with Gasteiger partial charge in [0.2, 0.25) is 0 Å². The van der Waals surface area contributed by atoms with Gasteiger partial charge in [0.15, 0.2) is 0 Å². The molecule has 8 heteroatoms. The van der Waals surface area contributed by atoms with Crippen molar-refractivity contribution in [2.24, 2.45) is 0 Å². The molecule has 4 aliphatic rings. The lowest BCUT2D eigenvalue weighted by Crippen LogP contribution is -2.57. The second kappa shape index (κ2) is 6.96. The van der Waals surface area contributed by atoms with Crippen molar-refractivity contribution in [1.82, 2.24) is 10.1 Å². The predicted octanol–water partition coefficient (Wildman–Crippen LogP) is 4.51. The highest BCUT2D eigenvalue weighted by molar-refractivity contribution is 6.38. The molecule has 2 aromatic rings. The number of nitrogens with zero attached hydrogens (tertiary/aromatic N) is 2. The van der Waals surface area contributed by atoms with Gasteiger partial charge in [-0.05, 0) is 38.5 Å². The summed E-state index contributed by atoms with van der Waals surface area (Å²) in [6.07, 6.45) is 8.69. The topological polar surface area (TPSA) is 77.6 Å². The van der Waals surface area contributed by atoms with Crippen LogP contribution in [0.3, 0.4) is 0 Å². The SMILES string of the molecule is OCC12CCC(OCc3c(-c4c(Cl)cncc4Cl)noc3C3CC3)(CC1)CO2. The molecule has 0 aromatic carbocycles. The van der Waals surface area contributed by atoms with Crippen LogP contribution in [0.25, 0.3) is 11.3 Å². The summed E-state index contributed by atoms with van der Waals surface area (Å²) < 4.78 is 18.1. The van der Waals surface area contributed by atoms with Crippen molar-refractivity contribution in [1.29, 1.82) is 0 Å². The first kappa shape index (κ1) is 18.8.